The van der Waals surface area contributed by atoms with Gasteiger partial charge < -0.3 is 20.5 Å². The summed E-state index contributed by atoms with van der Waals surface area (Å²) < 4.78 is 54.2. The average molecular weight is 672 g/mol. The van der Waals surface area contributed by atoms with Crippen molar-refractivity contribution < 1.29 is 37.0 Å². The molecule has 0 spiro atoms. The summed E-state index contributed by atoms with van der Waals surface area (Å²) in [5.41, 5.74) is 5.15. The standard InChI is InChI=1S/C31H29F4N7O4S/c32-22-3-7-24(8-4-22)39-30(45)38-23-5-1-20(2-6-23)29-37-25(19-47-29)17-41-11-13-42(14-12-41)18-28(44)40-36-16-21-15-26(9-10-27(21)43)46-31(33,34)35/h1-10,15-16,19,43H,11-14,17-18H2,(H,40,44)(H2,38,39,45)/b36-16+. The van der Waals surface area contributed by atoms with E-state index in [-0.39, 0.29) is 23.7 Å². The van der Waals surface area contributed by atoms with Crippen LogP contribution in [0.2, 0.25) is 0 Å². The number of hydrogen-bond donors (Lipinski definition) is 4. The predicted octanol–water partition coefficient (Wildman–Crippen LogP) is 5.47. The summed E-state index contributed by atoms with van der Waals surface area (Å²) in [7, 11) is 0. The summed E-state index contributed by atoms with van der Waals surface area (Å²) in [6.45, 7) is 3.41. The van der Waals surface area contributed by atoms with Crippen molar-refractivity contribution in [2.24, 2.45) is 5.10 Å². The van der Waals surface area contributed by atoms with Gasteiger partial charge in [-0.1, -0.05) is 0 Å². The lowest BCUT2D eigenvalue weighted by molar-refractivity contribution is -0.274. The largest absolute Gasteiger partial charge is 0.573 e. The van der Waals surface area contributed by atoms with E-state index in [2.05, 4.69) is 30.8 Å². The van der Waals surface area contributed by atoms with Gasteiger partial charge in [0.2, 0.25) is 0 Å². The summed E-state index contributed by atoms with van der Waals surface area (Å²) in [6, 6.07) is 15.3. The van der Waals surface area contributed by atoms with Crippen molar-refractivity contribution >= 4 is 40.9 Å². The van der Waals surface area contributed by atoms with E-state index in [0.29, 0.717) is 44.1 Å². The number of thiazole rings is 1. The highest BCUT2D eigenvalue weighted by atomic mass is 32.1. The van der Waals surface area contributed by atoms with Gasteiger partial charge in [0.05, 0.1) is 18.5 Å². The Balaban J connectivity index is 1.03. The van der Waals surface area contributed by atoms with E-state index >= 15 is 0 Å². The molecule has 4 aromatic rings. The summed E-state index contributed by atoms with van der Waals surface area (Å²) in [6.07, 6.45) is -3.84. The van der Waals surface area contributed by atoms with Crippen molar-refractivity contribution in [1.82, 2.24) is 20.2 Å². The molecule has 11 nitrogen and oxygen atoms in total. The molecule has 246 valence electrons. The fourth-order valence-electron chi connectivity index (χ4n) is 4.61. The van der Waals surface area contributed by atoms with E-state index in [1.54, 1.807) is 12.1 Å². The maximum atomic E-state index is 13.1. The number of aromatic hydroxyl groups is 1. The van der Waals surface area contributed by atoms with Crippen molar-refractivity contribution in [3.8, 4) is 22.1 Å². The molecule has 0 radical (unpaired) electrons. The SMILES string of the molecule is O=C(CN1CCN(Cc2csc(-c3ccc(NC(=O)Nc4ccc(F)cc4)cc3)n2)CC1)N/N=C/c1cc(OC(F)(F)F)ccc1O. The number of urea groups is 1. The van der Waals surface area contributed by atoms with Gasteiger partial charge in [-0.2, -0.15) is 5.10 Å². The monoisotopic (exact) mass is 671 g/mol. The zero-order valence-electron chi connectivity index (χ0n) is 24.6. The summed E-state index contributed by atoms with van der Waals surface area (Å²) in [5.74, 6) is -1.64. The third-order valence-electron chi connectivity index (χ3n) is 6.89. The van der Waals surface area contributed by atoms with Crippen LogP contribution in [0.5, 0.6) is 11.5 Å². The molecule has 0 unspecified atom stereocenters. The number of amides is 3. The number of aromatic nitrogens is 1. The Bertz CT molecular complexity index is 1710. The minimum absolute atomic E-state index is 0.0519. The Morgan fingerprint density at radius 1 is 0.957 bits per heavy atom. The topological polar surface area (TPSA) is 131 Å². The fourth-order valence-corrected chi connectivity index (χ4v) is 5.43. The molecule has 2 heterocycles. The number of alkyl halides is 3. The van der Waals surface area contributed by atoms with Gasteiger partial charge in [-0.05, 0) is 66.7 Å². The molecule has 3 amide bonds. The smallest absolute Gasteiger partial charge is 0.507 e. The van der Waals surface area contributed by atoms with Gasteiger partial charge in [-0.15, -0.1) is 24.5 Å². The number of phenols is 1. The van der Waals surface area contributed by atoms with Crippen LogP contribution in [0.3, 0.4) is 0 Å². The predicted molar refractivity (Wildman–Crippen MR) is 169 cm³/mol. The van der Waals surface area contributed by atoms with Gasteiger partial charge >= 0.3 is 12.4 Å². The molecule has 1 saturated heterocycles. The molecular formula is C31H29F4N7O4S. The van der Waals surface area contributed by atoms with Crippen LogP contribution in [-0.4, -0.2) is 77.1 Å². The molecule has 5 rings (SSSR count). The van der Waals surface area contributed by atoms with E-state index < -0.39 is 24.1 Å². The number of anilines is 2. The van der Waals surface area contributed by atoms with E-state index in [9.17, 15) is 32.3 Å². The minimum atomic E-state index is -4.88. The fraction of sp³-hybridized carbons (Fsp3) is 0.226. The average Bonchev–Trinajstić information content (AvgIpc) is 3.49. The maximum Gasteiger partial charge on any atom is 0.573 e. The van der Waals surface area contributed by atoms with Gasteiger partial charge in [0.1, 0.15) is 22.3 Å². The van der Waals surface area contributed by atoms with Crippen LogP contribution < -0.4 is 20.8 Å². The first kappa shape index (κ1) is 33.3. The van der Waals surface area contributed by atoms with E-state index in [0.717, 1.165) is 40.7 Å². The number of carbonyl (C=O) groups excluding carboxylic acids is 2. The Labute approximate surface area is 270 Å². The molecule has 0 atom stereocenters. The third kappa shape index (κ3) is 10.2. The highest BCUT2D eigenvalue weighted by Gasteiger charge is 2.31. The van der Waals surface area contributed by atoms with E-state index in [1.807, 2.05) is 22.4 Å². The lowest BCUT2D eigenvalue weighted by Gasteiger charge is -2.33. The van der Waals surface area contributed by atoms with Crippen LogP contribution in [0.25, 0.3) is 10.6 Å². The number of benzene rings is 3. The Kier molecular flexibility index (Phi) is 10.6. The van der Waals surface area contributed by atoms with Gasteiger partial charge in [-0.3, -0.25) is 14.6 Å². The second-order valence-corrected chi connectivity index (χ2v) is 11.3. The summed E-state index contributed by atoms with van der Waals surface area (Å²) >= 11 is 1.52. The van der Waals surface area contributed by atoms with Gasteiger partial charge in [0.25, 0.3) is 5.91 Å². The molecule has 1 aliphatic heterocycles. The number of phenolic OH excluding ortho intramolecular Hbond substituents is 1. The van der Waals surface area contributed by atoms with Crippen LogP contribution in [0.1, 0.15) is 11.3 Å². The van der Waals surface area contributed by atoms with Crippen LogP contribution >= 0.6 is 11.3 Å². The number of hydrazone groups is 1. The normalized spacial score (nSPS) is 14.2. The highest BCUT2D eigenvalue weighted by molar-refractivity contribution is 7.13. The van der Waals surface area contributed by atoms with Gasteiger partial charge in [-0.25, -0.2) is 19.6 Å². The molecule has 3 aromatic carbocycles. The van der Waals surface area contributed by atoms with Crippen LogP contribution in [0.15, 0.2) is 77.2 Å². The van der Waals surface area contributed by atoms with Crippen molar-refractivity contribution in [2.75, 3.05) is 43.4 Å². The molecule has 1 aromatic heterocycles. The second kappa shape index (κ2) is 15.0. The van der Waals surface area contributed by atoms with Crippen molar-refractivity contribution in [3.63, 3.8) is 0 Å². The van der Waals surface area contributed by atoms with E-state index in [4.69, 9.17) is 4.98 Å². The number of halogens is 4. The third-order valence-corrected chi connectivity index (χ3v) is 7.83. The Morgan fingerprint density at radius 3 is 2.26 bits per heavy atom. The Morgan fingerprint density at radius 2 is 1.60 bits per heavy atom. The molecule has 0 bridgehead atoms. The summed E-state index contributed by atoms with van der Waals surface area (Å²) in [4.78, 5) is 33.5. The number of rotatable bonds is 10. The second-order valence-electron chi connectivity index (χ2n) is 10.4. The highest BCUT2D eigenvalue weighted by Crippen LogP contribution is 2.28. The van der Waals surface area contributed by atoms with Crippen LogP contribution in [0.4, 0.5) is 33.7 Å². The molecule has 0 aliphatic carbocycles. The number of carbonyl (C=O) groups is 2. The first-order valence-corrected chi connectivity index (χ1v) is 15.1. The zero-order chi connectivity index (χ0) is 33.4. The van der Waals surface area contributed by atoms with Crippen LogP contribution in [-0.2, 0) is 11.3 Å². The van der Waals surface area contributed by atoms with Crippen molar-refractivity contribution in [2.45, 2.75) is 12.9 Å². The lowest BCUT2D eigenvalue weighted by Crippen LogP contribution is -2.48. The van der Waals surface area contributed by atoms with Crippen molar-refractivity contribution in [1.29, 1.82) is 0 Å². The van der Waals surface area contributed by atoms with Crippen LogP contribution in [0, 0.1) is 5.82 Å². The molecule has 1 fully saturated rings. The molecule has 1 aliphatic rings. The lowest BCUT2D eigenvalue weighted by atomic mass is 10.2. The summed E-state index contributed by atoms with van der Waals surface area (Å²) in [5, 5.41) is 21.8. The minimum Gasteiger partial charge on any atom is -0.507 e. The molecule has 47 heavy (non-hydrogen) atoms. The zero-order valence-corrected chi connectivity index (χ0v) is 25.4. The number of ether oxygens (including phenoxy) is 1. The Hall–Kier alpha value is -5.06. The molecule has 0 saturated carbocycles. The van der Waals surface area contributed by atoms with Gasteiger partial charge in [0, 0.05) is 60.6 Å². The number of nitrogens with zero attached hydrogens (tertiary/aromatic N) is 4. The molecular weight excluding hydrogens is 642 g/mol. The van der Waals surface area contributed by atoms with Gasteiger partial charge in [0.15, 0.2) is 0 Å². The van der Waals surface area contributed by atoms with E-state index in [1.165, 1.54) is 35.6 Å². The first-order valence-electron chi connectivity index (χ1n) is 14.2. The number of nitrogens with one attached hydrogen (secondary N) is 3. The molecule has 4 N–H and O–H groups in total. The maximum absolute atomic E-state index is 13.1. The first-order chi connectivity index (χ1) is 22.5. The quantitative estimate of drug-likeness (QED) is 0.100. The number of piperazine rings is 1. The number of hydrogen-bond acceptors (Lipinski definition) is 9. The van der Waals surface area contributed by atoms with Crippen molar-refractivity contribution in [3.05, 3.63) is 89.2 Å². The molecule has 16 heteroatoms.